The first-order chi connectivity index (χ1) is 7.41. The molecule has 0 bridgehead atoms. The Morgan fingerprint density at radius 2 is 1.88 bits per heavy atom. The van der Waals surface area contributed by atoms with Crippen LogP contribution in [0.5, 0.6) is 0 Å². The Bertz CT molecular complexity index is 391. The Morgan fingerprint density at radius 1 is 1.25 bits per heavy atom. The van der Waals surface area contributed by atoms with E-state index in [2.05, 4.69) is 20.5 Å². The quantitative estimate of drug-likeness (QED) is 0.802. The second kappa shape index (κ2) is 4.87. The molecule has 0 aromatic carbocycles. The number of carbonyl (C=O) groups excluding carboxylic acids is 1. The van der Waals surface area contributed by atoms with Gasteiger partial charge in [0.2, 0.25) is 11.9 Å². The van der Waals surface area contributed by atoms with E-state index in [1.54, 1.807) is 21.0 Å². The lowest BCUT2D eigenvalue weighted by atomic mass is 10.3. The number of likely N-dealkylation sites (N-methyl/N-ethyl adjacent to an activating group) is 1. The van der Waals surface area contributed by atoms with E-state index >= 15 is 0 Å². The van der Waals surface area contributed by atoms with Gasteiger partial charge in [-0.3, -0.25) is 4.79 Å². The van der Waals surface area contributed by atoms with E-state index in [4.69, 9.17) is 0 Å². The predicted octanol–water partition coefficient (Wildman–Crippen LogP) is 0.377. The highest BCUT2D eigenvalue weighted by atomic mass is 16.2. The minimum absolute atomic E-state index is 0.0261. The van der Waals surface area contributed by atoms with Crippen molar-refractivity contribution in [3.63, 3.8) is 0 Å². The Balaban J connectivity index is 2.73. The molecule has 0 fully saturated rings. The average molecular weight is 223 g/mol. The van der Waals surface area contributed by atoms with Crippen molar-refractivity contribution >= 4 is 11.9 Å². The van der Waals surface area contributed by atoms with Gasteiger partial charge in [0.15, 0.2) is 0 Å². The number of nitrogens with one attached hydrogen (secondary N) is 1. The van der Waals surface area contributed by atoms with Crippen molar-refractivity contribution in [1.82, 2.24) is 20.1 Å². The lowest BCUT2D eigenvalue weighted by Crippen LogP contribution is -2.37. The van der Waals surface area contributed by atoms with E-state index in [9.17, 15) is 4.79 Å². The Hall–Kier alpha value is -1.72. The van der Waals surface area contributed by atoms with E-state index in [0.717, 1.165) is 11.4 Å². The molecule has 16 heavy (non-hydrogen) atoms. The third-order valence-corrected chi connectivity index (χ3v) is 2.25. The maximum Gasteiger partial charge on any atom is 0.244 e. The van der Waals surface area contributed by atoms with Crippen molar-refractivity contribution < 1.29 is 4.79 Å². The van der Waals surface area contributed by atoms with E-state index in [1.807, 2.05) is 13.8 Å². The maximum atomic E-state index is 11.6. The fourth-order valence-corrected chi connectivity index (χ4v) is 1.16. The normalized spacial score (nSPS) is 12.1. The zero-order chi connectivity index (χ0) is 12.3. The molecule has 6 heteroatoms. The molecule has 1 atom stereocenters. The highest BCUT2D eigenvalue weighted by molar-refractivity contribution is 5.83. The Labute approximate surface area is 95.1 Å². The van der Waals surface area contributed by atoms with Gasteiger partial charge in [-0.25, -0.2) is 4.98 Å². The van der Waals surface area contributed by atoms with Crippen LogP contribution in [0.2, 0.25) is 0 Å². The van der Waals surface area contributed by atoms with Gasteiger partial charge in [0.1, 0.15) is 6.04 Å². The van der Waals surface area contributed by atoms with Crippen molar-refractivity contribution in [2.45, 2.75) is 26.8 Å². The Morgan fingerprint density at radius 3 is 2.38 bits per heavy atom. The number of nitrogens with zero attached hydrogens (tertiary/aromatic N) is 4. The molecule has 1 aromatic heterocycles. The first kappa shape index (κ1) is 12.4. The number of rotatable bonds is 3. The number of aryl methyl sites for hydroxylation is 2. The number of amides is 1. The minimum atomic E-state index is -0.362. The molecule has 0 spiro atoms. The first-order valence-corrected chi connectivity index (χ1v) is 5.07. The summed E-state index contributed by atoms with van der Waals surface area (Å²) >= 11 is 0. The van der Waals surface area contributed by atoms with Crippen molar-refractivity contribution in [2.24, 2.45) is 0 Å². The molecule has 0 radical (unpaired) electrons. The molecule has 1 aromatic rings. The first-order valence-electron chi connectivity index (χ1n) is 5.07. The summed E-state index contributed by atoms with van der Waals surface area (Å²) in [5.74, 6) is 0.354. The van der Waals surface area contributed by atoms with Crippen molar-refractivity contribution in [3.8, 4) is 0 Å². The standard InChI is InChI=1S/C10H17N5O/c1-6-7(2)13-14-10(11-6)12-8(3)9(16)15(4)5/h8H,1-5H3,(H,11,12,14). The predicted molar refractivity (Wildman–Crippen MR) is 61.1 cm³/mol. The summed E-state index contributed by atoms with van der Waals surface area (Å²) in [5, 5.41) is 10.7. The van der Waals surface area contributed by atoms with Crippen LogP contribution in [-0.2, 0) is 4.79 Å². The average Bonchev–Trinajstić information content (AvgIpc) is 2.22. The smallest absolute Gasteiger partial charge is 0.244 e. The molecule has 6 nitrogen and oxygen atoms in total. The number of hydrogen-bond acceptors (Lipinski definition) is 5. The van der Waals surface area contributed by atoms with Gasteiger partial charge >= 0.3 is 0 Å². The SMILES string of the molecule is Cc1nnc(NC(C)C(=O)N(C)C)nc1C. The molecule has 1 unspecified atom stereocenters. The number of carbonyl (C=O) groups is 1. The van der Waals surface area contributed by atoms with Gasteiger partial charge in [-0.1, -0.05) is 0 Å². The van der Waals surface area contributed by atoms with E-state index in [0.29, 0.717) is 5.95 Å². The second-order valence-corrected chi connectivity index (χ2v) is 3.90. The van der Waals surface area contributed by atoms with Gasteiger partial charge in [-0.15, -0.1) is 5.10 Å². The van der Waals surface area contributed by atoms with Crippen LogP contribution in [0.1, 0.15) is 18.3 Å². The van der Waals surface area contributed by atoms with Gasteiger partial charge in [-0.2, -0.15) is 5.10 Å². The fourth-order valence-electron chi connectivity index (χ4n) is 1.16. The highest BCUT2D eigenvalue weighted by Gasteiger charge is 2.15. The van der Waals surface area contributed by atoms with Crippen LogP contribution >= 0.6 is 0 Å². The summed E-state index contributed by atoms with van der Waals surface area (Å²) in [6.45, 7) is 5.46. The molecule has 0 aliphatic carbocycles. The summed E-state index contributed by atoms with van der Waals surface area (Å²) < 4.78 is 0. The lowest BCUT2D eigenvalue weighted by molar-refractivity contribution is -0.129. The third-order valence-electron chi connectivity index (χ3n) is 2.25. The molecule has 0 saturated heterocycles. The molecule has 1 heterocycles. The molecule has 1 N–H and O–H groups in total. The molecule has 0 aliphatic rings. The van der Waals surface area contributed by atoms with Crippen molar-refractivity contribution in [1.29, 1.82) is 0 Å². The monoisotopic (exact) mass is 223 g/mol. The van der Waals surface area contributed by atoms with Crippen molar-refractivity contribution in [3.05, 3.63) is 11.4 Å². The van der Waals surface area contributed by atoms with Gasteiger partial charge in [0.25, 0.3) is 0 Å². The van der Waals surface area contributed by atoms with Crippen LogP contribution in [0.3, 0.4) is 0 Å². The van der Waals surface area contributed by atoms with Gasteiger partial charge in [0, 0.05) is 14.1 Å². The van der Waals surface area contributed by atoms with E-state index in [1.165, 1.54) is 4.90 Å². The number of aromatic nitrogens is 3. The van der Waals surface area contributed by atoms with Gasteiger partial charge in [0.05, 0.1) is 11.4 Å². The summed E-state index contributed by atoms with van der Waals surface area (Å²) in [5.41, 5.74) is 1.60. The summed E-state index contributed by atoms with van der Waals surface area (Å²) in [6.07, 6.45) is 0. The molecule has 0 aliphatic heterocycles. The summed E-state index contributed by atoms with van der Waals surface area (Å²) in [7, 11) is 3.42. The third kappa shape index (κ3) is 2.88. The summed E-state index contributed by atoms with van der Waals surface area (Å²) in [6, 6.07) is -0.362. The van der Waals surface area contributed by atoms with E-state index in [-0.39, 0.29) is 11.9 Å². The van der Waals surface area contributed by atoms with Crippen molar-refractivity contribution in [2.75, 3.05) is 19.4 Å². The van der Waals surface area contributed by atoms with Crippen LogP contribution in [0, 0.1) is 13.8 Å². The zero-order valence-corrected chi connectivity index (χ0v) is 10.3. The van der Waals surface area contributed by atoms with Crippen LogP contribution < -0.4 is 5.32 Å². The molecule has 1 rings (SSSR count). The maximum absolute atomic E-state index is 11.6. The van der Waals surface area contributed by atoms with Gasteiger partial charge < -0.3 is 10.2 Å². The van der Waals surface area contributed by atoms with Gasteiger partial charge in [-0.05, 0) is 20.8 Å². The van der Waals surface area contributed by atoms with Crippen LogP contribution in [-0.4, -0.2) is 46.1 Å². The molecular formula is C10H17N5O. The molecule has 1 amide bonds. The molecule has 0 saturated carbocycles. The minimum Gasteiger partial charge on any atom is -0.347 e. The topological polar surface area (TPSA) is 71.0 Å². The molecule has 88 valence electrons. The second-order valence-electron chi connectivity index (χ2n) is 3.90. The van der Waals surface area contributed by atoms with Crippen LogP contribution in [0.4, 0.5) is 5.95 Å². The highest BCUT2D eigenvalue weighted by Crippen LogP contribution is 2.04. The largest absolute Gasteiger partial charge is 0.347 e. The lowest BCUT2D eigenvalue weighted by Gasteiger charge is -2.17. The van der Waals surface area contributed by atoms with Crippen LogP contribution in [0.15, 0.2) is 0 Å². The Kier molecular flexibility index (Phi) is 3.76. The number of anilines is 1. The summed E-state index contributed by atoms with van der Waals surface area (Å²) in [4.78, 5) is 17.3. The fraction of sp³-hybridized carbons (Fsp3) is 0.600. The zero-order valence-electron chi connectivity index (χ0n) is 10.3. The number of hydrogen-bond donors (Lipinski definition) is 1. The molecular weight excluding hydrogens is 206 g/mol. The van der Waals surface area contributed by atoms with Crippen LogP contribution in [0.25, 0.3) is 0 Å². The van der Waals surface area contributed by atoms with E-state index < -0.39 is 0 Å².